The van der Waals surface area contributed by atoms with Gasteiger partial charge in [0, 0.05) is 20.6 Å². The Labute approximate surface area is 55.9 Å². The lowest BCUT2D eigenvalue weighted by Crippen LogP contribution is -2.26. The predicted octanol–water partition coefficient (Wildman–Crippen LogP) is 0.549. The molecular formula is C7H12N2. The van der Waals surface area contributed by atoms with Gasteiger partial charge in [0.05, 0.1) is 0 Å². The first-order valence-electron chi connectivity index (χ1n) is 3.09. The average Bonchev–Trinajstić information content (AvgIpc) is 1.90. The highest BCUT2D eigenvalue weighted by molar-refractivity contribution is 5.15. The Balaban J connectivity index is 2.57. The minimum absolute atomic E-state index is 0.948. The standard InChI is InChI=1S/C7H12N2/c1-9(2)7-5-3-4-6-8-7/h3-5,8H,6H2,1-2H3. The number of rotatable bonds is 1. The van der Waals surface area contributed by atoms with E-state index in [1.165, 1.54) is 5.82 Å². The van der Waals surface area contributed by atoms with Crippen molar-refractivity contribution in [3.63, 3.8) is 0 Å². The summed E-state index contributed by atoms with van der Waals surface area (Å²) in [5, 5.41) is 3.22. The molecule has 0 atom stereocenters. The molecule has 0 spiro atoms. The summed E-state index contributed by atoms with van der Waals surface area (Å²) in [5.74, 6) is 1.18. The van der Waals surface area contributed by atoms with Gasteiger partial charge in [0.25, 0.3) is 0 Å². The molecule has 50 valence electrons. The molecule has 1 aliphatic heterocycles. The number of nitrogens with zero attached hydrogens (tertiary/aromatic N) is 1. The zero-order valence-corrected chi connectivity index (χ0v) is 5.89. The summed E-state index contributed by atoms with van der Waals surface area (Å²) in [4.78, 5) is 2.06. The van der Waals surface area contributed by atoms with Crippen LogP contribution in [0.25, 0.3) is 0 Å². The molecule has 0 bridgehead atoms. The van der Waals surface area contributed by atoms with Crippen LogP contribution in [0.5, 0.6) is 0 Å². The van der Waals surface area contributed by atoms with Crippen LogP contribution in [0, 0.1) is 0 Å². The molecule has 0 aliphatic carbocycles. The molecule has 0 radical (unpaired) electrons. The van der Waals surface area contributed by atoms with Gasteiger partial charge in [0.1, 0.15) is 5.82 Å². The summed E-state index contributed by atoms with van der Waals surface area (Å²) >= 11 is 0. The van der Waals surface area contributed by atoms with Gasteiger partial charge in [-0.3, -0.25) is 0 Å². The Bertz CT molecular complexity index is 145. The quantitative estimate of drug-likeness (QED) is 0.549. The van der Waals surface area contributed by atoms with E-state index < -0.39 is 0 Å². The van der Waals surface area contributed by atoms with Gasteiger partial charge in [0.2, 0.25) is 0 Å². The van der Waals surface area contributed by atoms with E-state index in [1.807, 2.05) is 14.1 Å². The molecule has 1 heterocycles. The van der Waals surface area contributed by atoms with Crippen molar-refractivity contribution < 1.29 is 0 Å². The summed E-state index contributed by atoms with van der Waals surface area (Å²) in [6.45, 7) is 0.948. The Morgan fingerprint density at radius 1 is 1.56 bits per heavy atom. The van der Waals surface area contributed by atoms with Crippen molar-refractivity contribution in [3.8, 4) is 0 Å². The highest BCUT2D eigenvalue weighted by Gasteiger charge is 1.96. The van der Waals surface area contributed by atoms with Crippen LogP contribution in [0.1, 0.15) is 0 Å². The van der Waals surface area contributed by atoms with E-state index in [9.17, 15) is 0 Å². The monoisotopic (exact) mass is 124 g/mol. The van der Waals surface area contributed by atoms with Crippen molar-refractivity contribution >= 4 is 0 Å². The zero-order valence-electron chi connectivity index (χ0n) is 5.89. The van der Waals surface area contributed by atoms with Crippen molar-refractivity contribution in [1.29, 1.82) is 0 Å². The van der Waals surface area contributed by atoms with Crippen LogP contribution in [0.3, 0.4) is 0 Å². The average molecular weight is 124 g/mol. The van der Waals surface area contributed by atoms with Gasteiger partial charge in [0.15, 0.2) is 0 Å². The molecule has 0 aromatic carbocycles. The second kappa shape index (κ2) is 2.58. The normalized spacial score (nSPS) is 16.4. The minimum Gasteiger partial charge on any atom is -0.368 e. The van der Waals surface area contributed by atoms with Crippen LogP contribution in [-0.4, -0.2) is 25.5 Å². The Morgan fingerprint density at radius 3 is 2.67 bits per heavy atom. The fourth-order valence-electron chi connectivity index (χ4n) is 0.757. The van der Waals surface area contributed by atoms with Gasteiger partial charge >= 0.3 is 0 Å². The van der Waals surface area contributed by atoms with Gasteiger partial charge < -0.3 is 10.2 Å². The van der Waals surface area contributed by atoms with Gasteiger partial charge in [-0.15, -0.1) is 0 Å². The number of hydrogen-bond donors (Lipinski definition) is 1. The van der Waals surface area contributed by atoms with E-state index in [0.29, 0.717) is 0 Å². The zero-order chi connectivity index (χ0) is 6.69. The number of allylic oxidation sites excluding steroid dienone is 2. The van der Waals surface area contributed by atoms with E-state index in [2.05, 4.69) is 28.4 Å². The molecule has 0 amide bonds. The lowest BCUT2D eigenvalue weighted by molar-refractivity contribution is 0.467. The van der Waals surface area contributed by atoms with Crippen LogP contribution in [0.15, 0.2) is 24.0 Å². The number of hydrogen-bond acceptors (Lipinski definition) is 2. The summed E-state index contributed by atoms with van der Waals surface area (Å²) in [5.41, 5.74) is 0. The first-order valence-corrected chi connectivity index (χ1v) is 3.09. The van der Waals surface area contributed by atoms with Crippen LogP contribution in [0.4, 0.5) is 0 Å². The largest absolute Gasteiger partial charge is 0.368 e. The second-order valence-electron chi connectivity index (χ2n) is 2.26. The molecule has 9 heavy (non-hydrogen) atoms. The molecular weight excluding hydrogens is 112 g/mol. The van der Waals surface area contributed by atoms with E-state index >= 15 is 0 Å². The van der Waals surface area contributed by atoms with Gasteiger partial charge in [-0.2, -0.15) is 0 Å². The predicted molar refractivity (Wildman–Crippen MR) is 38.9 cm³/mol. The van der Waals surface area contributed by atoms with Gasteiger partial charge in [-0.1, -0.05) is 12.2 Å². The summed E-state index contributed by atoms with van der Waals surface area (Å²) in [6, 6.07) is 0. The number of nitrogens with one attached hydrogen (secondary N) is 1. The second-order valence-corrected chi connectivity index (χ2v) is 2.26. The SMILES string of the molecule is CN(C)C1=CC=CCN1. The molecule has 2 heteroatoms. The molecule has 0 unspecified atom stereocenters. The summed E-state index contributed by atoms with van der Waals surface area (Å²) in [7, 11) is 4.05. The molecule has 0 saturated carbocycles. The lowest BCUT2D eigenvalue weighted by Gasteiger charge is -2.19. The van der Waals surface area contributed by atoms with E-state index in [0.717, 1.165) is 6.54 Å². The molecule has 1 rings (SSSR count). The molecule has 0 aromatic rings. The van der Waals surface area contributed by atoms with Crippen LogP contribution >= 0.6 is 0 Å². The van der Waals surface area contributed by atoms with Crippen molar-refractivity contribution in [2.24, 2.45) is 0 Å². The van der Waals surface area contributed by atoms with Crippen molar-refractivity contribution in [3.05, 3.63) is 24.0 Å². The van der Waals surface area contributed by atoms with Crippen molar-refractivity contribution in [2.45, 2.75) is 0 Å². The minimum atomic E-state index is 0.948. The Hall–Kier alpha value is -0.920. The summed E-state index contributed by atoms with van der Waals surface area (Å²) < 4.78 is 0. The van der Waals surface area contributed by atoms with Gasteiger partial charge in [-0.05, 0) is 6.08 Å². The summed E-state index contributed by atoms with van der Waals surface area (Å²) in [6.07, 6.45) is 6.21. The van der Waals surface area contributed by atoms with E-state index in [1.54, 1.807) is 0 Å². The Kier molecular flexibility index (Phi) is 1.78. The molecule has 0 saturated heterocycles. The number of dihydropyridines is 1. The highest BCUT2D eigenvalue weighted by atomic mass is 15.2. The Morgan fingerprint density at radius 2 is 2.33 bits per heavy atom. The third-order valence-corrected chi connectivity index (χ3v) is 1.27. The van der Waals surface area contributed by atoms with Crippen molar-refractivity contribution in [2.75, 3.05) is 20.6 Å². The van der Waals surface area contributed by atoms with E-state index in [4.69, 9.17) is 0 Å². The highest BCUT2D eigenvalue weighted by Crippen LogP contribution is 1.97. The fraction of sp³-hybridized carbons (Fsp3) is 0.429. The molecule has 1 N–H and O–H groups in total. The maximum Gasteiger partial charge on any atom is 0.101 e. The van der Waals surface area contributed by atoms with Gasteiger partial charge in [-0.25, -0.2) is 0 Å². The fourth-order valence-corrected chi connectivity index (χ4v) is 0.757. The first kappa shape index (κ1) is 6.20. The molecule has 0 fully saturated rings. The smallest absolute Gasteiger partial charge is 0.101 e. The maximum atomic E-state index is 3.22. The lowest BCUT2D eigenvalue weighted by atomic mass is 10.3. The van der Waals surface area contributed by atoms with Crippen LogP contribution < -0.4 is 5.32 Å². The van der Waals surface area contributed by atoms with Crippen LogP contribution in [0.2, 0.25) is 0 Å². The van der Waals surface area contributed by atoms with Crippen molar-refractivity contribution in [1.82, 2.24) is 10.2 Å². The third kappa shape index (κ3) is 1.49. The third-order valence-electron chi connectivity index (χ3n) is 1.27. The maximum absolute atomic E-state index is 3.22. The van der Waals surface area contributed by atoms with E-state index in [-0.39, 0.29) is 0 Å². The topological polar surface area (TPSA) is 15.3 Å². The molecule has 2 nitrogen and oxygen atoms in total. The molecule has 0 aromatic heterocycles. The first-order chi connectivity index (χ1) is 4.30. The van der Waals surface area contributed by atoms with Crippen LogP contribution in [-0.2, 0) is 0 Å². The molecule has 1 aliphatic rings.